The van der Waals surface area contributed by atoms with Crippen molar-refractivity contribution >= 4 is 11.8 Å². The smallest absolute Gasteiger partial charge is 0.256 e. The van der Waals surface area contributed by atoms with E-state index < -0.39 is 0 Å². The Bertz CT molecular complexity index is 453. The fourth-order valence-corrected chi connectivity index (χ4v) is 2.13. The minimum Gasteiger partial charge on any atom is -0.352 e. The molecule has 1 fully saturated rings. The number of carbonyl (C=O) groups is 2. The normalized spacial score (nSPS) is 17.2. The summed E-state index contributed by atoms with van der Waals surface area (Å²) in [6.45, 7) is 5.07. The number of hydrogen-bond acceptors (Lipinski definition) is 3. The van der Waals surface area contributed by atoms with Crippen molar-refractivity contribution in [3.63, 3.8) is 0 Å². The Hall–Kier alpha value is -1.62. The van der Waals surface area contributed by atoms with Crippen molar-refractivity contribution < 1.29 is 14.4 Å². The molecule has 0 aromatic carbocycles. The first-order valence-electron chi connectivity index (χ1n) is 6.27. The number of imide groups is 1. The molecule has 0 bridgehead atoms. The van der Waals surface area contributed by atoms with Gasteiger partial charge in [-0.3, -0.25) is 14.4 Å². The molecule has 1 aromatic rings. The van der Waals surface area contributed by atoms with Crippen LogP contribution in [0.15, 0.2) is 18.3 Å². The first kappa shape index (κ1) is 12.8. The highest BCUT2D eigenvalue weighted by molar-refractivity contribution is 5.95. The van der Waals surface area contributed by atoms with Crippen LogP contribution in [0.25, 0.3) is 0 Å². The van der Waals surface area contributed by atoms with Crippen LogP contribution in [-0.2, 0) is 27.4 Å². The van der Waals surface area contributed by atoms with Gasteiger partial charge >= 0.3 is 0 Å². The molecule has 2 heterocycles. The van der Waals surface area contributed by atoms with Crippen LogP contribution in [-0.4, -0.2) is 28.1 Å². The molecule has 1 saturated heterocycles. The third-order valence-corrected chi connectivity index (χ3v) is 3.16. The fraction of sp³-hybridized carbons (Fsp3) is 0.538. The van der Waals surface area contributed by atoms with Gasteiger partial charge in [-0.15, -0.1) is 0 Å². The Morgan fingerprint density at radius 1 is 1.56 bits per heavy atom. The van der Waals surface area contributed by atoms with Gasteiger partial charge in [0, 0.05) is 24.4 Å². The maximum atomic E-state index is 12.1. The lowest BCUT2D eigenvalue weighted by molar-refractivity contribution is -0.181. The maximum Gasteiger partial charge on any atom is 0.256 e. The highest BCUT2D eigenvalue weighted by Gasteiger charge is 2.31. The fourth-order valence-electron chi connectivity index (χ4n) is 2.13. The third-order valence-electron chi connectivity index (χ3n) is 3.16. The van der Waals surface area contributed by atoms with Crippen molar-refractivity contribution in [3.8, 4) is 0 Å². The van der Waals surface area contributed by atoms with Crippen LogP contribution in [0.5, 0.6) is 0 Å². The molecule has 0 saturated carbocycles. The molecule has 2 rings (SSSR count). The van der Waals surface area contributed by atoms with Gasteiger partial charge in [0.15, 0.2) is 0 Å². The topological polar surface area (TPSA) is 51.5 Å². The average molecular weight is 250 g/mol. The molecule has 2 amide bonds. The molecule has 1 aromatic heterocycles. The quantitative estimate of drug-likeness (QED) is 0.811. The van der Waals surface area contributed by atoms with E-state index in [4.69, 9.17) is 4.84 Å². The van der Waals surface area contributed by atoms with Gasteiger partial charge in [-0.2, -0.15) is 5.06 Å². The van der Waals surface area contributed by atoms with Gasteiger partial charge in [0.25, 0.3) is 11.8 Å². The summed E-state index contributed by atoms with van der Waals surface area (Å²) in [5.41, 5.74) is 1.10. The summed E-state index contributed by atoms with van der Waals surface area (Å²) in [5.74, 6) is -0.744. The second-order valence-corrected chi connectivity index (χ2v) is 4.50. The Labute approximate surface area is 106 Å². The molecule has 0 aliphatic carbocycles. The second-order valence-electron chi connectivity index (χ2n) is 4.50. The number of amides is 2. The third kappa shape index (κ3) is 2.46. The maximum absolute atomic E-state index is 12.1. The lowest BCUT2D eigenvalue weighted by atomic mass is 10.0. The van der Waals surface area contributed by atoms with Crippen LogP contribution in [0.2, 0.25) is 0 Å². The van der Waals surface area contributed by atoms with E-state index in [1.165, 1.54) is 0 Å². The number of aryl methyl sites for hydroxylation is 1. The summed E-state index contributed by atoms with van der Waals surface area (Å²) < 4.78 is 2.09. The zero-order chi connectivity index (χ0) is 13.1. The molecule has 1 aliphatic rings. The summed E-state index contributed by atoms with van der Waals surface area (Å²) >= 11 is 0. The predicted octanol–water partition coefficient (Wildman–Crippen LogP) is 1.38. The van der Waals surface area contributed by atoms with Gasteiger partial charge in [-0.05, 0) is 25.5 Å². The molecular formula is C13H18N2O3. The number of nitrogens with zero attached hydrogens (tertiary/aromatic N) is 2. The van der Waals surface area contributed by atoms with Crippen LogP contribution in [0, 0.1) is 5.92 Å². The largest absolute Gasteiger partial charge is 0.352 e. The summed E-state index contributed by atoms with van der Waals surface area (Å²) in [6.07, 6.45) is 2.90. The Kier molecular flexibility index (Phi) is 3.81. The van der Waals surface area contributed by atoms with E-state index in [0.717, 1.165) is 17.3 Å². The zero-order valence-corrected chi connectivity index (χ0v) is 10.8. The number of aromatic nitrogens is 1. The highest BCUT2D eigenvalue weighted by atomic mass is 16.7. The van der Waals surface area contributed by atoms with Crippen LogP contribution in [0.4, 0.5) is 0 Å². The van der Waals surface area contributed by atoms with Crippen LogP contribution < -0.4 is 0 Å². The van der Waals surface area contributed by atoms with Gasteiger partial charge in [-0.1, -0.05) is 6.92 Å². The minimum atomic E-state index is -0.257. The Morgan fingerprint density at radius 3 is 2.94 bits per heavy atom. The van der Waals surface area contributed by atoms with E-state index in [2.05, 4.69) is 11.5 Å². The molecule has 18 heavy (non-hydrogen) atoms. The minimum absolute atomic E-state index is 0.238. The molecule has 5 heteroatoms. The van der Waals surface area contributed by atoms with Crippen molar-refractivity contribution in [1.82, 2.24) is 9.63 Å². The van der Waals surface area contributed by atoms with Crippen molar-refractivity contribution in [2.24, 2.45) is 5.92 Å². The first-order chi connectivity index (χ1) is 8.63. The number of hydroxylamine groups is 2. The summed E-state index contributed by atoms with van der Waals surface area (Å²) in [4.78, 5) is 28.5. The van der Waals surface area contributed by atoms with E-state index in [-0.39, 0.29) is 17.7 Å². The molecule has 1 aliphatic heterocycles. The zero-order valence-electron chi connectivity index (χ0n) is 10.8. The van der Waals surface area contributed by atoms with Crippen LogP contribution in [0.1, 0.15) is 26.0 Å². The van der Waals surface area contributed by atoms with Gasteiger partial charge in [0.2, 0.25) is 0 Å². The van der Waals surface area contributed by atoms with E-state index in [1.807, 2.05) is 25.3 Å². The van der Waals surface area contributed by atoms with Crippen molar-refractivity contribution in [2.75, 3.05) is 6.61 Å². The first-order valence-corrected chi connectivity index (χ1v) is 6.27. The lowest BCUT2D eigenvalue weighted by Crippen LogP contribution is -2.36. The molecular weight excluding hydrogens is 232 g/mol. The van der Waals surface area contributed by atoms with Gasteiger partial charge < -0.3 is 4.57 Å². The number of carbonyl (C=O) groups excluding carboxylic acids is 2. The molecule has 5 nitrogen and oxygen atoms in total. The molecule has 0 spiro atoms. The monoisotopic (exact) mass is 250 g/mol. The van der Waals surface area contributed by atoms with Crippen LogP contribution >= 0.6 is 0 Å². The predicted molar refractivity (Wildman–Crippen MR) is 65.4 cm³/mol. The molecule has 98 valence electrons. The average Bonchev–Trinajstić information content (AvgIpc) is 2.96. The lowest BCUT2D eigenvalue weighted by Gasteiger charge is -2.17. The Morgan fingerprint density at radius 2 is 2.33 bits per heavy atom. The molecule has 0 radical (unpaired) electrons. The summed E-state index contributed by atoms with van der Waals surface area (Å²) in [7, 11) is 0. The SMILES string of the molecule is CCn1cccc1C[C@@H](C)C(=O)N1OCCC1=O. The number of hydrogen-bond donors (Lipinski definition) is 0. The van der Waals surface area contributed by atoms with Gasteiger partial charge in [0.05, 0.1) is 13.0 Å². The molecule has 0 unspecified atom stereocenters. The van der Waals surface area contributed by atoms with Crippen molar-refractivity contribution in [1.29, 1.82) is 0 Å². The van der Waals surface area contributed by atoms with Crippen LogP contribution in [0.3, 0.4) is 0 Å². The number of rotatable bonds is 4. The highest BCUT2D eigenvalue weighted by Crippen LogP contribution is 2.16. The van der Waals surface area contributed by atoms with E-state index >= 15 is 0 Å². The van der Waals surface area contributed by atoms with E-state index in [9.17, 15) is 9.59 Å². The van der Waals surface area contributed by atoms with Crippen molar-refractivity contribution in [3.05, 3.63) is 24.0 Å². The van der Waals surface area contributed by atoms with Gasteiger partial charge in [-0.25, -0.2) is 0 Å². The molecule has 0 N–H and O–H groups in total. The molecule has 1 atom stereocenters. The van der Waals surface area contributed by atoms with E-state index in [1.54, 1.807) is 0 Å². The van der Waals surface area contributed by atoms with Crippen molar-refractivity contribution in [2.45, 2.75) is 33.2 Å². The summed E-state index contributed by atoms with van der Waals surface area (Å²) in [6, 6.07) is 3.97. The Balaban J connectivity index is 2.01. The van der Waals surface area contributed by atoms with Gasteiger partial charge in [0.1, 0.15) is 0 Å². The second kappa shape index (κ2) is 5.35. The van der Waals surface area contributed by atoms with E-state index in [0.29, 0.717) is 19.4 Å². The summed E-state index contributed by atoms with van der Waals surface area (Å²) in [5, 5.41) is 0.921. The standard InChI is InChI=1S/C13H18N2O3/c1-3-14-7-4-5-11(14)9-10(2)13(17)15-12(16)6-8-18-15/h4-5,7,10H,3,6,8-9H2,1-2H3/t10-/m1/s1.